The van der Waals surface area contributed by atoms with Crippen LogP contribution >= 0.6 is 0 Å². The van der Waals surface area contributed by atoms with Gasteiger partial charge in [-0.3, -0.25) is 5.32 Å². The lowest BCUT2D eigenvalue weighted by Gasteiger charge is -2.06. The summed E-state index contributed by atoms with van der Waals surface area (Å²) in [5, 5.41) is 10.9. The summed E-state index contributed by atoms with van der Waals surface area (Å²) >= 11 is 0. The van der Waals surface area contributed by atoms with Gasteiger partial charge in [0.2, 0.25) is 0 Å². The van der Waals surface area contributed by atoms with Gasteiger partial charge in [0.15, 0.2) is 0 Å². The van der Waals surface area contributed by atoms with Crippen LogP contribution < -0.4 is 5.32 Å². The summed E-state index contributed by atoms with van der Waals surface area (Å²) in [6.45, 7) is 1.86. The number of anilines is 1. The van der Waals surface area contributed by atoms with Crippen LogP contribution in [0.5, 0.6) is 0 Å². The van der Waals surface area contributed by atoms with Crippen molar-refractivity contribution in [2.24, 2.45) is 0 Å². The van der Waals surface area contributed by atoms with Crippen LogP contribution in [0.25, 0.3) is 0 Å². The first kappa shape index (κ1) is 11.0. The molecule has 0 heterocycles. The SMILES string of the molecule is CCOC(=O)Nc1cccc(F)c1C#N. The van der Waals surface area contributed by atoms with Crippen LogP contribution in [-0.2, 0) is 4.74 Å². The molecule has 0 saturated heterocycles. The minimum atomic E-state index is -0.709. The van der Waals surface area contributed by atoms with Crippen LogP contribution in [0.1, 0.15) is 12.5 Å². The molecule has 1 aromatic carbocycles. The lowest BCUT2D eigenvalue weighted by molar-refractivity contribution is 0.168. The second-order valence-corrected chi connectivity index (χ2v) is 2.62. The zero-order valence-corrected chi connectivity index (χ0v) is 8.08. The average molecular weight is 208 g/mol. The summed E-state index contributed by atoms with van der Waals surface area (Å²) in [7, 11) is 0. The molecule has 78 valence electrons. The van der Waals surface area contributed by atoms with E-state index in [1.165, 1.54) is 12.1 Å². The Morgan fingerprint density at radius 2 is 2.40 bits per heavy atom. The third-order valence-electron chi connectivity index (χ3n) is 1.64. The van der Waals surface area contributed by atoms with E-state index in [9.17, 15) is 9.18 Å². The molecule has 1 aromatic rings. The Morgan fingerprint density at radius 1 is 1.67 bits per heavy atom. The summed E-state index contributed by atoms with van der Waals surface area (Å²) < 4.78 is 17.7. The molecule has 0 radical (unpaired) electrons. The molecular formula is C10H9FN2O2. The van der Waals surface area contributed by atoms with Crippen LogP contribution in [0, 0.1) is 17.1 Å². The third-order valence-corrected chi connectivity index (χ3v) is 1.64. The highest BCUT2D eigenvalue weighted by atomic mass is 19.1. The molecule has 15 heavy (non-hydrogen) atoms. The molecule has 5 heteroatoms. The molecule has 1 N–H and O–H groups in total. The molecule has 0 aliphatic carbocycles. The number of carbonyl (C=O) groups is 1. The molecule has 0 unspecified atom stereocenters. The normalized spacial score (nSPS) is 9.13. The van der Waals surface area contributed by atoms with Crippen molar-refractivity contribution in [1.29, 1.82) is 5.26 Å². The third kappa shape index (κ3) is 2.68. The highest BCUT2D eigenvalue weighted by Crippen LogP contribution is 2.17. The van der Waals surface area contributed by atoms with Gasteiger partial charge in [-0.15, -0.1) is 0 Å². The predicted molar refractivity (Wildman–Crippen MR) is 51.8 cm³/mol. The van der Waals surface area contributed by atoms with E-state index in [1.54, 1.807) is 13.0 Å². The fraction of sp³-hybridized carbons (Fsp3) is 0.200. The standard InChI is InChI=1S/C10H9FN2O2/c1-2-15-10(14)13-9-5-3-4-8(11)7(9)6-12/h3-5H,2H2,1H3,(H,13,14). The van der Waals surface area contributed by atoms with Crippen molar-refractivity contribution in [3.63, 3.8) is 0 Å². The molecule has 0 saturated carbocycles. The van der Waals surface area contributed by atoms with E-state index >= 15 is 0 Å². The first-order chi connectivity index (χ1) is 7.19. The first-order valence-corrected chi connectivity index (χ1v) is 4.31. The van der Waals surface area contributed by atoms with Gasteiger partial charge in [-0.2, -0.15) is 5.26 Å². The smallest absolute Gasteiger partial charge is 0.411 e. The highest BCUT2D eigenvalue weighted by Gasteiger charge is 2.10. The van der Waals surface area contributed by atoms with E-state index in [0.29, 0.717) is 0 Å². The van der Waals surface area contributed by atoms with Crippen molar-refractivity contribution in [2.75, 3.05) is 11.9 Å². The van der Waals surface area contributed by atoms with Crippen molar-refractivity contribution in [2.45, 2.75) is 6.92 Å². The van der Waals surface area contributed by atoms with Crippen LogP contribution in [0.4, 0.5) is 14.9 Å². The molecule has 0 aliphatic heterocycles. The minimum Gasteiger partial charge on any atom is -0.450 e. The minimum absolute atomic E-state index is 0.107. The summed E-state index contributed by atoms with van der Waals surface area (Å²) in [5.41, 5.74) is -0.0958. The number of carbonyl (C=O) groups excluding carboxylic acids is 1. The van der Waals surface area contributed by atoms with E-state index in [4.69, 9.17) is 5.26 Å². The maximum absolute atomic E-state index is 13.1. The van der Waals surface area contributed by atoms with Crippen molar-refractivity contribution >= 4 is 11.8 Å². The van der Waals surface area contributed by atoms with Gasteiger partial charge in [0.05, 0.1) is 12.3 Å². The van der Waals surface area contributed by atoms with Crippen LogP contribution in [0.3, 0.4) is 0 Å². The molecule has 0 aliphatic rings. The maximum atomic E-state index is 13.1. The lowest BCUT2D eigenvalue weighted by Crippen LogP contribution is -2.14. The van der Waals surface area contributed by atoms with E-state index in [0.717, 1.165) is 6.07 Å². The van der Waals surface area contributed by atoms with Gasteiger partial charge >= 0.3 is 6.09 Å². The van der Waals surface area contributed by atoms with E-state index in [2.05, 4.69) is 10.1 Å². The second-order valence-electron chi connectivity index (χ2n) is 2.62. The Balaban J connectivity index is 2.91. The monoisotopic (exact) mass is 208 g/mol. The van der Waals surface area contributed by atoms with Crippen molar-refractivity contribution in [3.8, 4) is 6.07 Å². The van der Waals surface area contributed by atoms with Gasteiger partial charge in [0.25, 0.3) is 0 Å². The zero-order valence-electron chi connectivity index (χ0n) is 8.08. The van der Waals surface area contributed by atoms with Crippen molar-refractivity contribution < 1.29 is 13.9 Å². The van der Waals surface area contributed by atoms with Gasteiger partial charge in [0, 0.05) is 0 Å². The summed E-state index contributed by atoms with van der Waals surface area (Å²) in [5.74, 6) is -0.674. The number of nitrogens with zero attached hydrogens (tertiary/aromatic N) is 1. The second kappa shape index (κ2) is 4.96. The Kier molecular flexibility index (Phi) is 3.63. The number of benzene rings is 1. The van der Waals surface area contributed by atoms with E-state index < -0.39 is 11.9 Å². The lowest BCUT2D eigenvalue weighted by atomic mass is 10.2. The molecular weight excluding hydrogens is 199 g/mol. The van der Waals surface area contributed by atoms with E-state index in [1.807, 2.05) is 0 Å². The highest BCUT2D eigenvalue weighted by molar-refractivity contribution is 5.86. The number of nitrogens with one attached hydrogen (secondary N) is 1. The molecule has 0 bridgehead atoms. The average Bonchev–Trinajstić information content (AvgIpc) is 2.18. The number of ether oxygens (including phenoxy) is 1. The first-order valence-electron chi connectivity index (χ1n) is 4.31. The molecule has 0 aromatic heterocycles. The predicted octanol–water partition coefficient (Wildman–Crippen LogP) is 2.27. The maximum Gasteiger partial charge on any atom is 0.411 e. The van der Waals surface area contributed by atoms with Gasteiger partial charge in [-0.25, -0.2) is 9.18 Å². The largest absolute Gasteiger partial charge is 0.450 e. The quantitative estimate of drug-likeness (QED) is 0.810. The zero-order chi connectivity index (χ0) is 11.3. The molecule has 1 amide bonds. The molecule has 4 nitrogen and oxygen atoms in total. The molecule has 1 rings (SSSR count). The number of hydrogen-bond donors (Lipinski definition) is 1. The summed E-state index contributed by atoms with van der Waals surface area (Å²) in [6, 6.07) is 5.64. The number of amides is 1. The van der Waals surface area contributed by atoms with E-state index in [-0.39, 0.29) is 17.9 Å². The Bertz CT molecular complexity index is 412. The summed E-state index contributed by atoms with van der Waals surface area (Å²) in [4.78, 5) is 11.0. The van der Waals surface area contributed by atoms with Crippen LogP contribution in [0.2, 0.25) is 0 Å². The molecule has 0 spiro atoms. The van der Waals surface area contributed by atoms with Gasteiger partial charge < -0.3 is 4.74 Å². The van der Waals surface area contributed by atoms with Crippen molar-refractivity contribution in [3.05, 3.63) is 29.6 Å². The van der Waals surface area contributed by atoms with Gasteiger partial charge in [0.1, 0.15) is 17.4 Å². The number of hydrogen-bond acceptors (Lipinski definition) is 3. The van der Waals surface area contributed by atoms with Crippen LogP contribution in [-0.4, -0.2) is 12.7 Å². The summed E-state index contributed by atoms with van der Waals surface area (Å²) in [6.07, 6.45) is -0.709. The fourth-order valence-corrected chi connectivity index (χ4v) is 1.02. The van der Waals surface area contributed by atoms with Crippen molar-refractivity contribution in [1.82, 2.24) is 0 Å². The topological polar surface area (TPSA) is 62.1 Å². The Morgan fingerprint density at radius 3 is 3.00 bits per heavy atom. The van der Waals surface area contributed by atoms with Crippen LogP contribution in [0.15, 0.2) is 18.2 Å². The Hall–Kier alpha value is -2.09. The molecule has 0 atom stereocenters. The number of halogens is 1. The molecule has 0 fully saturated rings. The number of nitriles is 1. The van der Waals surface area contributed by atoms with Gasteiger partial charge in [-0.05, 0) is 19.1 Å². The number of rotatable bonds is 2. The fourth-order valence-electron chi connectivity index (χ4n) is 1.02. The van der Waals surface area contributed by atoms with Gasteiger partial charge in [-0.1, -0.05) is 6.07 Å². The Labute approximate surface area is 86.3 Å².